The lowest BCUT2D eigenvalue weighted by molar-refractivity contribution is -0.140. The van der Waals surface area contributed by atoms with Crippen molar-refractivity contribution >= 4 is 45.8 Å². The van der Waals surface area contributed by atoms with Crippen LogP contribution in [0.15, 0.2) is 60.8 Å². The number of aromatic nitrogens is 4. The molecule has 1 aliphatic carbocycles. The van der Waals surface area contributed by atoms with Gasteiger partial charge in [-0.15, -0.1) is 0 Å². The van der Waals surface area contributed by atoms with Crippen LogP contribution in [0.3, 0.4) is 0 Å². The quantitative estimate of drug-likeness (QED) is 0.115. The van der Waals surface area contributed by atoms with Crippen molar-refractivity contribution in [3.63, 3.8) is 0 Å². The molecule has 0 spiro atoms. The summed E-state index contributed by atoms with van der Waals surface area (Å²) in [7, 11) is 2.62. The number of methoxy groups -OCH3 is 2. The van der Waals surface area contributed by atoms with Gasteiger partial charge in [0.05, 0.1) is 49.2 Å². The van der Waals surface area contributed by atoms with E-state index >= 15 is 0 Å². The van der Waals surface area contributed by atoms with Gasteiger partial charge < -0.3 is 44.6 Å². The average molecular weight is 831 g/mol. The molecular formula is C46H54N8O7. The van der Waals surface area contributed by atoms with Crippen molar-refractivity contribution in [1.82, 2.24) is 40.4 Å². The summed E-state index contributed by atoms with van der Waals surface area (Å²) in [6.07, 6.45) is 6.56. The highest BCUT2D eigenvalue weighted by Crippen LogP contribution is 2.50. The maximum Gasteiger partial charge on any atom is 0.407 e. The number of carbonyl (C=O) groups excluding carboxylic acids is 4. The molecule has 3 saturated heterocycles. The van der Waals surface area contributed by atoms with Crippen LogP contribution < -0.4 is 10.6 Å². The molecule has 1 saturated carbocycles. The van der Waals surface area contributed by atoms with E-state index in [4.69, 9.17) is 24.2 Å². The molecule has 2 bridgehead atoms. The predicted octanol–water partition coefficient (Wildman–Crippen LogP) is 7.02. The zero-order chi connectivity index (χ0) is 42.4. The Kier molecular flexibility index (Phi) is 11.2. The zero-order valence-electron chi connectivity index (χ0n) is 35.1. The summed E-state index contributed by atoms with van der Waals surface area (Å²) in [5, 5.41) is 7.66. The average Bonchev–Trinajstić information content (AvgIpc) is 4.15. The molecule has 5 aromatic rings. The van der Waals surface area contributed by atoms with E-state index < -0.39 is 24.3 Å². The van der Waals surface area contributed by atoms with Crippen LogP contribution in [0.1, 0.15) is 82.5 Å². The number of aromatic amines is 2. The summed E-state index contributed by atoms with van der Waals surface area (Å²) in [5.41, 5.74) is 5.76. The lowest BCUT2D eigenvalue weighted by Crippen LogP contribution is -2.55. The van der Waals surface area contributed by atoms with E-state index in [0.717, 1.165) is 87.9 Å². The number of H-pyrrole nitrogens is 2. The van der Waals surface area contributed by atoms with Gasteiger partial charge in [-0.2, -0.15) is 0 Å². The maximum atomic E-state index is 14.4. The molecule has 3 aliphatic heterocycles. The summed E-state index contributed by atoms with van der Waals surface area (Å²) in [5.74, 6) is 1.46. The third kappa shape index (κ3) is 7.68. The summed E-state index contributed by atoms with van der Waals surface area (Å²) in [4.78, 5) is 73.4. The van der Waals surface area contributed by atoms with Crippen LogP contribution in [0.5, 0.6) is 0 Å². The molecule has 2 aromatic heterocycles. The smallest absolute Gasteiger partial charge is 0.407 e. The minimum Gasteiger partial charge on any atom is -0.453 e. The fourth-order valence-electron chi connectivity index (χ4n) is 10.3. The van der Waals surface area contributed by atoms with Crippen molar-refractivity contribution in [1.29, 1.82) is 0 Å². The number of rotatable bonds is 10. The van der Waals surface area contributed by atoms with Gasteiger partial charge in [-0.05, 0) is 96.9 Å². The number of amides is 4. The topological polar surface area (TPSA) is 184 Å². The normalized spacial score (nSPS) is 22.5. The highest BCUT2D eigenvalue weighted by atomic mass is 16.5. The number of fused-ring (bicyclic) bond motifs is 5. The van der Waals surface area contributed by atoms with Crippen LogP contribution in [-0.4, -0.2) is 106 Å². The largest absolute Gasteiger partial charge is 0.453 e. The molecule has 4 aliphatic rings. The first kappa shape index (κ1) is 40.4. The van der Waals surface area contributed by atoms with E-state index in [9.17, 15) is 19.2 Å². The van der Waals surface area contributed by atoms with Crippen LogP contribution in [0.25, 0.3) is 44.2 Å². The van der Waals surface area contributed by atoms with E-state index in [1.807, 2.05) is 35.9 Å². The van der Waals surface area contributed by atoms with Crippen LogP contribution in [0, 0.1) is 17.8 Å². The zero-order valence-corrected chi connectivity index (χ0v) is 35.1. The van der Waals surface area contributed by atoms with Gasteiger partial charge in [-0.1, -0.05) is 56.3 Å². The van der Waals surface area contributed by atoms with Crippen molar-refractivity contribution in [2.45, 2.75) is 89.0 Å². The third-order valence-electron chi connectivity index (χ3n) is 13.4. The second-order valence-corrected chi connectivity index (χ2v) is 17.3. The number of hydrogen-bond donors (Lipinski definition) is 4. The Labute approximate surface area is 354 Å². The number of piperidine rings is 1. The van der Waals surface area contributed by atoms with Crippen molar-refractivity contribution in [2.75, 3.05) is 34.0 Å². The number of alkyl carbamates (subject to hydrolysis) is 2. The third-order valence-corrected chi connectivity index (χ3v) is 13.4. The number of nitrogens with one attached hydrogen (secondary N) is 4. The van der Waals surface area contributed by atoms with Gasteiger partial charge in [0, 0.05) is 31.2 Å². The fraction of sp³-hybridized carbons (Fsp3) is 0.478. The minimum atomic E-state index is -0.697. The van der Waals surface area contributed by atoms with Crippen LogP contribution in [0.2, 0.25) is 0 Å². The molecule has 320 valence electrons. The Morgan fingerprint density at radius 1 is 0.820 bits per heavy atom. The number of ether oxygens (including phenoxy) is 3. The molecule has 6 atom stereocenters. The molecule has 61 heavy (non-hydrogen) atoms. The lowest BCUT2D eigenvalue weighted by atomic mass is 9.89. The fourth-order valence-corrected chi connectivity index (χ4v) is 10.3. The van der Waals surface area contributed by atoms with E-state index in [-0.39, 0.29) is 41.8 Å². The predicted molar refractivity (Wildman–Crippen MR) is 228 cm³/mol. The van der Waals surface area contributed by atoms with Crippen molar-refractivity contribution in [3.8, 4) is 22.4 Å². The Morgan fingerprint density at radius 2 is 1.56 bits per heavy atom. The van der Waals surface area contributed by atoms with Gasteiger partial charge in [0.25, 0.3) is 0 Å². The second kappa shape index (κ2) is 16.8. The first-order valence-electron chi connectivity index (χ1n) is 21.6. The number of carbonyl (C=O) groups is 4. The van der Waals surface area contributed by atoms with Crippen molar-refractivity contribution in [3.05, 3.63) is 72.4 Å². The summed E-state index contributed by atoms with van der Waals surface area (Å²) in [6.45, 7) is 5.54. The minimum absolute atomic E-state index is 0.0259. The molecule has 3 aromatic carbocycles. The van der Waals surface area contributed by atoms with Gasteiger partial charge >= 0.3 is 12.2 Å². The standard InChI is InChI=1S/C46H54N8O7/c1-25(2)37(51-45(57)59-3)43(55)53-19-5-6-36(53)41-48-34-16-13-30-22-29(12-15-33(30)39(34)50-41)26-7-9-27(10-8-26)35-24-47-42(49-35)40-31-11-14-32(23-31)54(40)44(56)38(52-46(58)60-4)28-17-20-61-21-18-28/h7-10,12-13,15-16,22,24-25,28,31-32,36-38,40H,5-6,11,14,17-21,23H2,1-4H3,(H,47,49)(H,48,50)(H,51,57)(H,52,58)/t31-,32+,36-,37-,38?,40-/m0/s1. The molecule has 4 amide bonds. The summed E-state index contributed by atoms with van der Waals surface area (Å²) >= 11 is 0. The van der Waals surface area contributed by atoms with Crippen molar-refractivity contribution in [2.24, 2.45) is 17.8 Å². The SMILES string of the molecule is COC(=O)NC(C(=O)N1[C@@H]2CC[C@@H](C2)[C@H]1c1ncc(-c2ccc(-c3ccc4c(ccc5[nH]c([C@@H]6CCCN6C(=O)[C@@H](NC(=O)OC)C(C)C)nc54)c3)cc2)[nH]1)C1CCOCC1. The molecule has 4 fully saturated rings. The van der Waals surface area contributed by atoms with E-state index in [0.29, 0.717) is 38.5 Å². The molecule has 4 N–H and O–H groups in total. The van der Waals surface area contributed by atoms with Gasteiger partial charge in [-0.3, -0.25) is 9.59 Å². The highest BCUT2D eigenvalue weighted by Gasteiger charge is 2.52. The Morgan fingerprint density at radius 3 is 2.31 bits per heavy atom. The number of hydrogen-bond acceptors (Lipinski definition) is 9. The maximum absolute atomic E-state index is 14.4. The monoisotopic (exact) mass is 830 g/mol. The van der Waals surface area contributed by atoms with E-state index in [1.165, 1.54) is 14.2 Å². The number of likely N-dealkylation sites (tertiary alicyclic amines) is 2. The summed E-state index contributed by atoms with van der Waals surface area (Å²) < 4.78 is 15.3. The van der Waals surface area contributed by atoms with Crippen LogP contribution >= 0.6 is 0 Å². The number of nitrogens with zero attached hydrogens (tertiary/aromatic N) is 4. The Bertz CT molecular complexity index is 2440. The molecule has 5 heterocycles. The molecule has 15 heteroatoms. The lowest BCUT2D eigenvalue weighted by Gasteiger charge is -2.39. The number of imidazole rings is 2. The van der Waals surface area contributed by atoms with Crippen LogP contribution in [0.4, 0.5) is 9.59 Å². The second-order valence-electron chi connectivity index (χ2n) is 17.3. The Balaban J connectivity index is 0.921. The molecular weight excluding hydrogens is 777 g/mol. The highest BCUT2D eigenvalue weighted by molar-refractivity contribution is 6.05. The van der Waals surface area contributed by atoms with Gasteiger partial charge in [0.1, 0.15) is 23.7 Å². The summed E-state index contributed by atoms with van der Waals surface area (Å²) in [6, 6.07) is 17.2. The van der Waals surface area contributed by atoms with E-state index in [1.54, 1.807) is 0 Å². The van der Waals surface area contributed by atoms with Crippen LogP contribution in [-0.2, 0) is 23.8 Å². The molecule has 0 radical (unpaired) electrons. The first-order chi connectivity index (χ1) is 29.6. The van der Waals surface area contributed by atoms with Gasteiger partial charge in [0.15, 0.2) is 0 Å². The molecule has 15 nitrogen and oxygen atoms in total. The Hall–Kier alpha value is -5.96. The first-order valence-corrected chi connectivity index (χ1v) is 21.6. The molecule has 9 rings (SSSR count). The van der Waals surface area contributed by atoms with Crippen molar-refractivity contribution < 1.29 is 33.4 Å². The number of benzene rings is 3. The van der Waals surface area contributed by atoms with Gasteiger partial charge in [-0.25, -0.2) is 19.6 Å². The van der Waals surface area contributed by atoms with E-state index in [2.05, 4.69) is 69.1 Å². The van der Waals surface area contributed by atoms with Gasteiger partial charge in [0.2, 0.25) is 11.8 Å². The molecule has 1 unspecified atom stereocenters.